The predicted octanol–water partition coefficient (Wildman–Crippen LogP) is 5.18. The Morgan fingerprint density at radius 1 is 1.00 bits per heavy atom. The molecule has 152 valence electrons. The third kappa shape index (κ3) is 4.78. The van der Waals surface area contributed by atoms with Crippen LogP contribution in [0, 0.1) is 13.8 Å². The predicted molar refractivity (Wildman–Crippen MR) is 119 cm³/mol. The molecule has 0 saturated carbocycles. The molecule has 4 aromatic rings. The SMILES string of the molecule is Cc1cccc(C(C)Nc2nc(C)nc3cccc(-c4ccccn4)c23)c1.O=CO. The lowest BCUT2D eigenvalue weighted by Gasteiger charge is -2.18. The van der Waals surface area contributed by atoms with Crippen LogP contribution in [-0.4, -0.2) is 26.5 Å². The minimum Gasteiger partial charge on any atom is -0.483 e. The number of anilines is 1. The largest absolute Gasteiger partial charge is 0.483 e. The van der Waals surface area contributed by atoms with Crippen LogP contribution in [-0.2, 0) is 4.79 Å². The number of aromatic nitrogens is 3. The van der Waals surface area contributed by atoms with Crippen molar-refractivity contribution in [3.8, 4) is 11.3 Å². The number of carbonyl (C=O) groups is 1. The average Bonchev–Trinajstić information content (AvgIpc) is 2.74. The molecule has 4 rings (SSSR count). The molecule has 2 aromatic heterocycles. The summed E-state index contributed by atoms with van der Waals surface area (Å²) in [5.74, 6) is 1.59. The standard InChI is InChI=1S/C23H22N4.CH2O2/c1-15-8-6-9-18(14-15)16(2)25-23-22-19(20-11-4-5-13-24-20)10-7-12-21(22)26-17(3)27-23;2-1-3/h4-14,16H,1-3H3,(H,25,26,27);1H,(H,2,3). The Kier molecular flexibility index (Phi) is 6.70. The lowest BCUT2D eigenvalue weighted by Crippen LogP contribution is -2.10. The lowest BCUT2D eigenvalue weighted by atomic mass is 10.0. The summed E-state index contributed by atoms with van der Waals surface area (Å²) < 4.78 is 0. The van der Waals surface area contributed by atoms with Crippen LogP contribution in [0.5, 0.6) is 0 Å². The molecular weight excluding hydrogens is 376 g/mol. The molecule has 0 bridgehead atoms. The van der Waals surface area contributed by atoms with Crippen molar-refractivity contribution in [2.24, 2.45) is 0 Å². The third-order valence-corrected chi connectivity index (χ3v) is 4.67. The highest BCUT2D eigenvalue weighted by atomic mass is 16.3. The van der Waals surface area contributed by atoms with E-state index in [-0.39, 0.29) is 12.5 Å². The van der Waals surface area contributed by atoms with Gasteiger partial charge in [0.15, 0.2) is 0 Å². The van der Waals surface area contributed by atoms with Crippen molar-refractivity contribution in [3.63, 3.8) is 0 Å². The summed E-state index contributed by atoms with van der Waals surface area (Å²) in [6.07, 6.45) is 1.81. The molecule has 6 heteroatoms. The number of hydrogen-bond acceptors (Lipinski definition) is 5. The number of hydrogen-bond donors (Lipinski definition) is 2. The second-order valence-corrected chi connectivity index (χ2v) is 6.92. The van der Waals surface area contributed by atoms with Gasteiger partial charge in [-0.3, -0.25) is 9.78 Å². The molecule has 0 aliphatic heterocycles. The van der Waals surface area contributed by atoms with Gasteiger partial charge in [-0.05, 0) is 44.5 Å². The zero-order valence-corrected chi connectivity index (χ0v) is 17.2. The van der Waals surface area contributed by atoms with Gasteiger partial charge in [-0.2, -0.15) is 0 Å². The summed E-state index contributed by atoms with van der Waals surface area (Å²) in [6.45, 7) is 5.94. The molecular formula is C24H24N4O2. The van der Waals surface area contributed by atoms with Gasteiger partial charge >= 0.3 is 0 Å². The Balaban J connectivity index is 0.000000806. The summed E-state index contributed by atoms with van der Waals surface area (Å²) in [6, 6.07) is 20.7. The second kappa shape index (κ2) is 9.60. The Morgan fingerprint density at radius 2 is 1.77 bits per heavy atom. The molecule has 30 heavy (non-hydrogen) atoms. The molecule has 2 aromatic carbocycles. The first-order valence-electron chi connectivity index (χ1n) is 9.63. The number of nitrogens with zero attached hydrogens (tertiary/aromatic N) is 3. The zero-order chi connectivity index (χ0) is 21.5. The van der Waals surface area contributed by atoms with E-state index in [1.165, 1.54) is 11.1 Å². The van der Waals surface area contributed by atoms with Crippen LogP contribution in [0.15, 0.2) is 66.9 Å². The molecule has 2 heterocycles. The molecule has 6 nitrogen and oxygen atoms in total. The van der Waals surface area contributed by atoms with Crippen LogP contribution >= 0.6 is 0 Å². The Bertz CT molecular complexity index is 1150. The average molecular weight is 400 g/mol. The number of rotatable bonds is 4. The van der Waals surface area contributed by atoms with E-state index in [9.17, 15) is 0 Å². The van der Waals surface area contributed by atoms with Gasteiger partial charge < -0.3 is 10.4 Å². The van der Waals surface area contributed by atoms with Gasteiger partial charge in [0.25, 0.3) is 6.47 Å². The van der Waals surface area contributed by atoms with Gasteiger partial charge in [0, 0.05) is 17.8 Å². The van der Waals surface area contributed by atoms with Crippen LogP contribution in [0.1, 0.15) is 29.9 Å². The smallest absolute Gasteiger partial charge is 0.290 e. The fourth-order valence-corrected chi connectivity index (χ4v) is 3.37. The van der Waals surface area contributed by atoms with E-state index in [0.717, 1.165) is 33.8 Å². The van der Waals surface area contributed by atoms with E-state index in [1.54, 1.807) is 0 Å². The van der Waals surface area contributed by atoms with Gasteiger partial charge in [0.2, 0.25) is 0 Å². The monoisotopic (exact) mass is 400 g/mol. The molecule has 0 fully saturated rings. The second-order valence-electron chi connectivity index (χ2n) is 6.92. The topological polar surface area (TPSA) is 88.0 Å². The highest BCUT2D eigenvalue weighted by Crippen LogP contribution is 2.33. The van der Waals surface area contributed by atoms with Crippen LogP contribution in [0.3, 0.4) is 0 Å². The van der Waals surface area contributed by atoms with Crippen molar-refractivity contribution in [1.82, 2.24) is 15.0 Å². The van der Waals surface area contributed by atoms with Crippen LogP contribution < -0.4 is 5.32 Å². The molecule has 0 saturated heterocycles. The first-order valence-corrected chi connectivity index (χ1v) is 9.63. The van der Waals surface area contributed by atoms with Crippen LogP contribution in [0.25, 0.3) is 22.2 Å². The quantitative estimate of drug-likeness (QED) is 0.459. The first kappa shape index (κ1) is 20.9. The normalized spacial score (nSPS) is 11.3. The number of aryl methyl sites for hydroxylation is 2. The number of carboxylic acid groups (broad SMARTS) is 1. The lowest BCUT2D eigenvalue weighted by molar-refractivity contribution is -0.122. The van der Waals surface area contributed by atoms with Crippen molar-refractivity contribution < 1.29 is 9.90 Å². The highest BCUT2D eigenvalue weighted by molar-refractivity contribution is 6.01. The molecule has 0 amide bonds. The minimum atomic E-state index is -0.250. The maximum Gasteiger partial charge on any atom is 0.290 e. The van der Waals surface area contributed by atoms with E-state index >= 15 is 0 Å². The Morgan fingerprint density at radius 3 is 2.47 bits per heavy atom. The maximum atomic E-state index is 8.36. The molecule has 0 aliphatic rings. The molecule has 0 aliphatic carbocycles. The number of benzene rings is 2. The van der Waals surface area contributed by atoms with Gasteiger partial charge in [-0.1, -0.05) is 48.0 Å². The number of fused-ring (bicyclic) bond motifs is 1. The Labute approximate surface area is 175 Å². The number of pyridine rings is 1. The van der Waals surface area contributed by atoms with Crippen LogP contribution in [0.4, 0.5) is 5.82 Å². The van der Waals surface area contributed by atoms with Gasteiger partial charge in [0.1, 0.15) is 11.6 Å². The van der Waals surface area contributed by atoms with Gasteiger partial charge in [-0.25, -0.2) is 9.97 Å². The van der Waals surface area contributed by atoms with E-state index in [2.05, 4.69) is 59.5 Å². The van der Waals surface area contributed by atoms with Gasteiger partial charge in [0.05, 0.1) is 16.6 Å². The fraction of sp³-hybridized carbons (Fsp3) is 0.167. The fourth-order valence-electron chi connectivity index (χ4n) is 3.37. The summed E-state index contributed by atoms with van der Waals surface area (Å²) in [4.78, 5) is 22.3. The van der Waals surface area contributed by atoms with E-state index < -0.39 is 0 Å². The first-order chi connectivity index (χ1) is 14.5. The van der Waals surface area contributed by atoms with E-state index in [1.807, 2.05) is 43.5 Å². The van der Waals surface area contributed by atoms with Crippen molar-refractivity contribution in [2.45, 2.75) is 26.8 Å². The maximum absolute atomic E-state index is 8.36. The Hall–Kier alpha value is -3.80. The third-order valence-electron chi connectivity index (χ3n) is 4.67. The van der Waals surface area contributed by atoms with E-state index in [4.69, 9.17) is 14.9 Å². The van der Waals surface area contributed by atoms with Crippen molar-refractivity contribution in [3.05, 3.63) is 83.8 Å². The molecule has 1 atom stereocenters. The summed E-state index contributed by atoms with van der Waals surface area (Å²) in [7, 11) is 0. The van der Waals surface area contributed by atoms with Crippen molar-refractivity contribution in [1.29, 1.82) is 0 Å². The summed E-state index contributed by atoms with van der Waals surface area (Å²) in [5.41, 5.74) is 5.35. The zero-order valence-electron chi connectivity index (χ0n) is 17.2. The highest BCUT2D eigenvalue weighted by Gasteiger charge is 2.15. The summed E-state index contributed by atoms with van der Waals surface area (Å²) in [5, 5.41) is 11.5. The van der Waals surface area contributed by atoms with Crippen molar-refractivity contribution in [2.75, 3.05) is 5.32 Å². The molecule has 2 N–H and O–H groups in total. The summed E-state index contributed by atoms with van der Waals surface area (Å²) >= 11 is 0. The minimum absolute atomic E-state index is 0.124. The molecule has 0 radical (unpaired) electrons. The molecule has 1 unspecified atom stereocenters. The number of nitrogens with one attached hydrogen (secondary N) is 1. The van der Waals surface area contributed by atoms with Crippen LogP contribution in [0.2, 0.25) is 0 Å². The van der Waals surface area contributed by atoms with Gasteiger partial charge in [-0.15, -0.1) is 0 Å². The van der Waals surface area contributed by atoms with Crippen molar-refractivity contribution >= 4 is 23.2 Å². The molecule has 0 spiro atoms. The van der Waals surface area contributed by atoms with E-state index in [0.29, 0.717) is 0 Å².